The van der Waals surface area contributed by atoms with Crippen LogP contribution in [-0.4, -0.2) is 45.4 Å². The third kappa shape index (κ3) is 6.01. The minimum absolute atomic E-state index is 0.130. The lowest BCUT2D eigenvalue weighted by Gasteiger charge is -2.32. The maximum atomic E-state index is 13.0. The summed E-state index contributed by atoms with van der Waals surface area (Å²) in [5.74, 6) is 0.887. The molecule has 188 valence electrons. The van der Waals surface area contributed by atoms with Crippen LogP contribution in [0.25, 0.3) is 11.3 Å². The first-order valence-corrected chi connectivity index (χ1v) is 12.8. The van der Waals surface area contributed by atoms with Gasteiger partial charge in [0.1, 0.15) is 0 Å². The number of rotatable bonds is 7. The molecule has 5 rings (SSSR count). The van der Waals surface area contributed by atoms with Gasteiger partial charge >= 0.3 is 0 Å². The van der Waals surface area contributed by atoms with Crippen molar-refractivity contribution in [2.24, 2.45) is 0 Å². The fraction of sp³-hybridized carbons (Fsp3) is 0.267. The van der Waals surface area contributed by atoms with Gasteiger partial charge < -0.3 is 15.5 Å². The summed E-state index contributed by atoms with van der Waals surface area (Å²) in [4.78, 5) is 28.6. The van der Waals surface area contributed by atoms with Gasteiger partial charge in [-0.2, -0.15) is 0 Å². The fourth-order valence-corrected chi connectivity index (χ4v) is 4.77. The van der Waals surface area contributed by atoms with Gasteiger partial charge in [-0.05, 0) is 92.4 Å². The zero-order valence-corrected chi connectivity index (χ0v) is 21.3. The average Bonchev–Trinajstić information content (AvgIpc) is 2.95. The van der Waals surface area contributed by atoms with Crippen LogP contribution in [0.5, 0.6) is 0 Å². The van der Waals surface area contributed by atoms with Crippen LogP contribution < -0.4 is 10.6 Å². The number of likely N-dealkylation sites (tertiary alicyclic amines) is 1. The van der Waals surface area contributed by atoms with Crippen molar-refractivity contribution in [2.75, 3.05) is 30.3 Å². The number of nitrogens with one attached hydrogen (secondary N) is 2. The number of likely N-dealkylation sites (N-methyl/N-ethyl adjacent to an activating group) is 1. The second-order valence-electron chi connectivity index (χ2n) is 9.47. The van der Waals surface area contributed by atoms with Crippen molar-refractivity contribution in [1.29, 1.82) is 0 Å². The van der Waals surface area contributed by atoms with E-state index in [1.165, 1.54) is 24.9 Å². The van der Waals surface area contributed by atoms with Crippen LogP contribution in [0.15, 0.2) is 79.3 Å². The molecular formula is C30H32N6O. The number of hydrogen-bond acceptors (Lipinski definition) is 6. The Bertz CT molecular complexity index is 1360. The molecule has 2 aromatic carbocycles. The SMILES string of the molecule is CCN1CCCC(c2ccc(C(=O)Nc3ccc(C)c(Nc4nccc(-c5cccnc5)n4)c3)cc2)C1. The highest BCUT2D eigenvalue weighted by Gasteiger charge is 2.20. The van der Waals surface area contributed by atoms with E-state index in [-0.39, 0.29) is 5.91 Å². The number of aromatic nitrogens is 3. The summed E-state index contributed by atoms with van der Waals surface area (Å²) in [6, 6.07) is 19.5. The van der Waals surface area contributed by atoms with Crippen LogP contribution in [0.3, 0.4) is 0 Å². The van der Waals surface area contributed by atoms with Crippen molar-refractivity contribution < 1.29 is 4.79 Å². The number of carbonyl (C=O) groups is 1. The molecule has 0 radical (unpaired) electrons. The number of benzene rings is 2. The second kappa shape index (κ2) is 11.3. The monoisotopic (exact) mass is 492 g/mol. The molecule has 0 saturated carbocycles. The van der Waals surface area contributed by atoms with E-state index in [1.54, 1.807) is 18.6 Å². The Morgan fingerprint density at radius 2 is 1.95 bits per heavy atom. The summed E-state index contributed by atoms with van der Waals surface area (Å²) in [5, 5.41) is 6.32. The molecule has 1 amide bonds. The van der Waals surface area contributed by atoms with Crippen LogP contribution in [0, 0.1) is 6.92 Å². The molecule has 1 fully saturated rings. The Kier molecular flexibility index (Phi) is 7.51. The Balaban J connectivity index is 1.27. The van der Waals surface area contributed by atoms with Crippen LogP contribution in [0.2, 0.25) is 0 Å². The molecule has 0 aliphatic carbocycles. The summed E-state index contributed by atoms with van der Waals surface area (Å²) in [7, 11) is 0. The molecule has 1 saturated heterocycles. The maximum Gasteiger partial charge on any atom is 0.255 e. The summed E-state index contributed by atoms with van der Waals surface area (Å²) in [5.41, 5.74) is 6.21. The number of carbonyl (C=O) groups excluding carboxylic acids is 1. The minimum atomic E-state index is -0.130. The molecule has 1 aliphatic rings. The van der Waals surface area contributed by atoms with Crippen molar-refractivity contribution >= 4 is 23.2 Å². The number of pyridine rings is 1. The highest BCUT2D eigenvalue weighted by Crippen LogP contribution is 2.28. The largest absolute Gasteiger partial charge is 0.324 e. The van der Waals surface area contributed by atoms with Gasteiger partial charge in [-0.3, -0.25) is 9.78 Å². The molecule has 0 bridgehead atoms. The maximum absolute atomic E-state index is 13.0. The van der Waals surface area contributed by atoms with Gasteiger partial charge in [0, 0.05) is 47.6 Å². The number of piperidine rings is 1. The second-order valence-corrected chi connectivity index (χ2v) is 9.47. The summed E-state index contributed by atoms with van der Waals surface area (Å²) in [6.07, 6.45) is 7.65. The van der Waals surface area contributed by atoms with Gasteiger partial charge in [0.15, 0.2) is 0 Å². The van der Waals surface area contributed by atoms with Gasteiger partial charge in [0.2, 0.25) is 5.95 Å². The lowest BCUT2D eigenvalue weighted by molar-refractivity contribution is 0.102. The van der Waals surface area contributed by atoms with Crippen molar-refractivity contribution in [3.8, 4) is 11.3 Å². The fourth-order valence-electron chi connectivity index (χ4n) is 4.77. The van der Waals surface area contributed by atoms with Crippen molar-refractivity contribution in [1.82, 2.24) is 19.9 Å². The average molecular weight is 493 g/mol. The molecule has 37 heavy (non-hydrogen) atoms. The lowest BCUT2D eigenvalue weighted by atomic mass is 9.90. The van der Waals surface area contributed by atoms with Crippen molar-refractivity contribution in [3.05, 3.63) is 95.9 Å². The predicted molar refractivity (Wildman–Crippen MR) is 148 cm³/mol. The van der Waals surface area contributed by atoms with Gasteiger partial charge in [-0.1, -0.05) is 25.1 Å². The van der Waals surface area contributed by atoms with E-state index in [9.17, 15) is 4.79 Å². The minimum Gasteiger partial charge on any atom is -0.324 e. The first-order valence-electron chi connectivity index (χ1n) is 12.8. The Morgan fingerprint density at radius 1 is 1.08 bits per heavy atom. The number of hydrogen-bond donors (Lipinski definition) is 2. The molecule has 1 aliphatic heterocycles. The molecule has 4 aromatic rings. The van der Waals surface area contributed by atoms with Crippen LogP contribution >= 0.6 is 0 Å². The highest BCUT2D eigenvalue weighted by atomic mass is 16.1. The van der Waals surface area contributed by atoms with E-state index in [1.807, 2.05) is 55.5 Å². The van der Waals surface area contributed by atoms with E-state index in [0.29, 0.717) is 23.1 Å². The number of aryl methyl sites for hydroxylation is 1. The van der Waals surface area contributed by atoms with Gasteiger partial charge in [-0.25, -0.2) is 9.97 Å². The molecule has 2 aromatic heterocycles. The third-order valence-corrected chi connectivity index (χ3v) is 6.95. The van der Waals surface area contributed by atoms with Gasteiger partial charge in [0.05, 0.1) is 5.69 Å². The molecule has 1 unspecified atom stereocenters. The Labute approximate surface area is 218 Å². The molecule has 7 heteroatoms. The van der Waals surface area contributed by atoms with E-state index in [2.05, 4.69) is 49.5 Å². The Morgan fingerprint density at radius 3 is 2.73 bits per heavy atom. The predicted octanol–water partition coefficient (Wildman–Crippen LogP) is 6.04. The van der Waals surface area contributed by atoms with Gasteiger partial charge in [0.25, 0.3) is 5.91 Å². The van der Waals surface area contributed by atoms with E-state index in [0.717, 1.165) is 35.6 Å². The zero-order valence-electron chi connectivity index (χ0n) is 21.3. The molecule has 1 atom stereocenters. The molecule has 2 N–H and O–H groups in total. The first kappa shape index (κ1) is 24.6. The zero-order chi connectivity index (χ0) is 25.6. The summed E-state index contributed by atoms with van der Waals surface area (Å²) < 4.78 is 0. The smallest absolute Gasteiger partial charge is 0.255 e. The molecule has 7 nitrogen and oxygen atoms in total. The standard InChI is InChI=1S/C30H32N6O/c1-3-36-17-5-7-25(20-36)22-9-11-23(12-10-22)29(37)33-26-13-8-21(2)28(18-26)35-30-32-16-14-27(34-30)24-6-4-15-31-19-24/h4,6,8-16,18-19,25H,3,5,7,17,20H2,1-2H3,(H,33,37)(H,32,34,35). The Hall–Kier alpha value is -4.10. The number of amides is 1. The van der Waals surface area contributed by atoms with Crippen LogP contribution in [-0.2, 0) is 0 Å². The number of anilines is 3. The number of nitrogens with zero attached hydrogens (tertiary/aromatic N) is 4. The first-order chi connectivity index (χ1) is 18.1. The molecule has 0 spiro atoms. The highest BCUT2D eigenvalue weighted by molar-refractivity contribution is 6.04. The third-order valence-electron chi connectivity index (χ3n) is 6.95. The van der Waals surface area contributed by atoms with E-state index in [4.69, 9.17) is 0 Å². The lowest BCUT2D eigenvalue weighted by Crippen LogP contribution is -2.34. The molecule has 3 heterocycles. The van der Waals surface area contributed by atoms with E-state index >= 15 is 0 Å². The normalized spacial score (nSPS) is 15.8. The summed E-state index contributed by atoms with van der Waals surface area (Å²) in [6.45, 7) is 7.59. The molecular weight excluding hydrogens is 460 g/mol. The van der Waals surface area contributed by atoms with Crippen molar-refractivity contribution in [3.63, 3.8) is 0 Å². The quantitative estimate of drug-likeness (QED) is 0.327. The van der Waals surface area contributed by atoms with Gasteiger partial charge in [-0.15, -0.1) is 0 Å². The topological polar surface area (TPSA) is 83.0 Å². The summed E-state index contributed by atoms with van der Waals surface area (Å²) >= 11 is 0. The van der Waals surface area contributed by atoms with Crippen LogP contribution in [0.1, 0.15) is 47.2 Å². The van der Waals surface area contributed by atoms with Crippen molar-refractivity contribution in [2.45, 2.75) is 32.6 Å². The van der Waals surface area contributed by atoms with Crippen LogP contribution in [0.4, 0.5) is 17.3 Å². The van der Waals surface area contributed by atoms with E-state index < -0.39 is 0 Å².